The molecule has 4 nitrogen and oxygen atoms in total. The summed E-state index contributed by atoms with van der Waals surface area (Å²) in [6.45, 7) is 0.797. The van der Waals surface area contributed by atoms with Crippen molar-refractivity contribution in [3.63, 3.8) is 0 Å². The summed E-state index contributed by atoms with van der Waals surface area (Å²) < 4.78 is 23.5. The summed E-state index contributed by atoms with van der Waals surface area (Å²) in [6.07, 6.45) is 4.84. The molecule has 1 saturated carbocycles. The van der Waals surface area contributed by atoms with Crippen LogP contribution in [-0.2, 0) is 16.4 Å². The van der Waals surface area contributed by atoms with Gasteiger partial charge in [0, 0.05) is 29.9 Å². The van der Waals surface area contributed by atoms with E-state index in [2.05, 4.69) is 5.32 Å². The smallest absolute Gasteiger partial charge is 0.175 e. The molecule has 0 spiro atoms. The van der Waals surface area contributed by atoms with Gasteiger partial charge >= 0.3 is 0 Å². The van der Waals surface area contributed by atoms with Gasteiger partial charge in [-0.1, -0.05) is 30.5 Å². The van der Waals surface area contributed by atoms with Gasteiger partial charge in [0.15, 0.2) is 9.84 Å². The minimum Gasteiger partial charge on any atom is -0.389 e. The molecule has 6 heteroatoms. The van der Waals surface area contributed by atoms with Crippen LogP contribution in [0.25, 0.3) is 0 Å². The second kappa shape index (κ2) is 6.02. The van der Waals surface area contributed by atoms with Gasteiger partial charge in [-0.15, -0.1) is 0 Å². The lowest BCUT2D eigenvalue weighted by molar-refractivity contribution is 0.0474. The number of aliphatic hydroxyl groups is 1. The average molecular weight is 318 g/mol. The summed E-state index contributed by atoms with van der Waals surface area (Å²) in [5.74, 6) is 0. The number of benzene rings is 1. The first-order chi connectivity index (χ1) is 9.32. The van der Waals surface area contributed by atoms with Gasteiger partial charge in [0.1, 0.15) is 0 Å². The lowest BCUT2D eigenvalue weighted by Crippen LogP contribution is -2.37. The highest BCUT2D eigenvalue weighted by Gasteiger charge is 2.30. The number of hydrogen-bond donors (Lipinski definition) is 2. The molecule has 0 aliphatic heterocycles. The van der Waals surface area contributed by atoms with Crippen LogP contribution in [0.2, 0.25) is 5.02 Å². The molecule has 1 fully saturated rings. The monoisotopic (exact) mass is 317 g/mol. The van der Waals surface area contributed by atoms with Crippen molar-refractivity contribution in [1.29, 1.82) is 0 Å². The molecule has 0 heterocycles. The Balaban J connectivity index is 2.09. The summed E-state index contributed by atoms with van der Waals surface area (Å²) in [6, 6.07) is 4.87. The van der Waals surface area contributed by atoms with Crippen molar-refractivity contribution in [2.75, 3.05) is 12.8 Å². The van der Waals surface area contributed by atoms with E-state index in [-0.39, 0.29) is 4.90 Å². The van der Waals surface area contributed by atoms with Gasteiger partial charge in [-0.3, -0.25) is 0 Å². The van der Waals surface area contributed by atoms with Crippen molar-refractivity contribution in [2.24, 2.45) is 0 Å². The van der Waals surface area contributed by atoms with Crippen LogP contribution in [0, 0.1) is 0 Å². The third-order valence-electron chi connectivity index (χ3n) is 3.77. The first-order valence-electron chi connectivity index (χ1n) is 6.72. The number of rotatable bonds is 5. The van der Waals surface area contributed by atoms with Gasteiger partial charge in [0.2, 0.25) is 0 Å². The van der Waals surface area contributed by atoms with Crippen molar-refractivity contribution in [1.82, 2.24) is 5.32 Å². The zero-order chi connectivity index (χ0) is 14.8. The Morgan fingerprint density at radius 1 is 1.35 bits per heavy atom. The molecule has 1 aromatic carbocycles. The molecule has 1 aliphatic rings. The number of sulfone groups is 1. The Morgan fingerprint density at radius 2 is 2.00 bits per heavy atom. The second-order valence-electron chi connectivity index (χ2n) is 5.52. The van der Waals surface area contributed by atoms with E-state index in [4.69, 9.17) is 11.6 Å². The molecule has 1 aliphatic carbocycles. The molecular formula is C14H20ClNO3S. The normalized spacial score (nSPS) is 18.4. The molecule has 2 N–H and O–H groups in total. The Bertz CT molecular complexity index is 580. The first kappa shape index (κ1) is 15.8. The van der Waals surface area contributed by atoms with Crippen LogP contribution in [0.15, 0.2) is 23.1 Å². The third kappa shape index (κ3) is 3.73. The topological polar surface area (TPSA) is 66.4 Å². The summed E-state index contributed by atoms with van der Waals surface area (Å²) in [7, 11) is -3.31. The minimum atomic E-state index is -3.31. The molecule has 0 radical (unpaired) electrons. The highest BCUT2D eigenvalue weighted by atomic mass is 35.5. The Hall–Kier alpha value is -0.620. The average Bonchev–Trinajstić information content (AvgIpc) is 2.77. The van der Waals surface area contributed by atoms with Crippen LogP contribution in [-0.4, -0.2) is 31.9 Å². The zero-order valence-electron chi connectivity index (χ0n) is 11.5. The Labute approximate surface area is 125 Å². The largest absolute Gasteiger partial charge is 0.389 e. The van der Waals surface area contributed by atoms with Crippen LogP contribution in [0.1, 0.15) is 31.2 Å². The lowest BCUT2D eigenvalue weighted by atomic mass is 10.0. The highest BCUT2D eigenvalue weighted by molar-refractivity contribution is 7.90. The second-order valence-corrected chi connectivity index (χ2v) is 7.92. The maximum absolute atomic E-state index is 11.8. The summed E-state index contributed by atoms with van der Waals surface area (Å²) >= 11 is 6.10. The molecule has 0 bridgehead atoms. The van der Waals surface area contributed by atoms with E-state index < -0.39 is 15.4 Å². The molecule has 0 atom stereocenters. The molecule has 0 aromatic heterocycles. The predicted octanol–water partition coefficient (Wildman–Crippen LogP) is 2.14. The van der Waals surface area contributed by atoms with Crippen LogP contribution in [0.4, 0.5) is 0 Å². The van der Waals surface area contributed by atoms with Gasteiger partial charge < -0.3 is 10.4 Å². The van der Waals surface area contributed by atoms with E-state index >= 15 is 0 Å². The van der Waals surface area contributed by atoms with E-state index in [1.807, 2.05) is 0 Å². The fourth-order valence-electron chi connectivity index (χ4n) is 2.69. The first-order valence-corrected chi connectivity index (χ1v) is 8.99. The Kier molecular flexibility index (Phi) is 4.74. The zero-order valence-corrected chi connectivity index (χ0v) is 13.1. The molecule has 1 aromatic rings. The SMILES string of the molecule is CS(=O)(=O)c1cccc(Cl)c1CNCC1(O)CCCC1. The standard InChI is InChI=1S/C14H20ClNO3S/c1-20(18,19)13-6-4-5-12(15)11(13)9-16-10-14(17)7-2-3-8-14/h4-6,16-17H,2-3,7-10H2,1H3. The number of nitrogens with one attached hydrogen (secondary N) is 1. The molecule has 0 saturated heterocycles. The third-order valence-corrected chi connectivity index (χ3v) is 5.30. The van der Waals surface area contributed by atoms with Crippen molar-refractivity contribution < 1.29 is 13.5 Å². The summed E-state index contributed by atoms with van der Waals surface area (Å²) in [5.41, 5.74) is -0.0924. The molecule has 112 valence electrons. The maximum atomic E-state index is 11.8. The quantitative estimate of drug-likeness (QED) is 0.873. The fraction of sp³-hybridized carbons (Fsp3) is 0.571. The summed E-state index contributed by atoms with van der Waals surface area (Å²) in [4.78, 5) is 0.246. The fourth-order valence-corrected chi connectivity index (χ4v) is 3.94. The molecule has 0 amide bonds. The molecule has 2 rings (SSSR count). The van der Waals surface area contributed by atoms with Crippen LogP contribution in [0.5, 0.6) is 0 Å². The van der Waals surface area contributed by atoms with Crippen molar-refractivity contribution in [2.45, 2.75) is 42.7 Å². The van der Waals surface area contributed by atoms with Crippen molar-refractivity contribution in [3.8, 4) is 0 Å². The van der Waals surface area contributed by atoms with Gasteiger partial charge in [-0.25, -0.2) is 8.42 Å². The minimum absolute atomic E-state index is 0.246. The van der Waals surface area contributed by atoms with E-state index in [9.17, 15) is 13.5 Å². The van der Waals surface area contributed by atoms with Crippen molar-refractivity contribution in [3.05, 3.63) is 28.8 Å². The van der Waals surface area contributed by atoms with E-state index in [0.717, 1.165) is 25.7 Å². The van der Waals surface area contributed by atoms with E-state index in [1.165, 1.54) is 6.26 Å². The van der Waals surface area contributed by atoms with Crippen LogP contribution >= 0.6 is 11.6 Å². The van der Waals surface area contributed by atoms with Gasteiger partial charge in [0.05, 0.1) is 10.5 Å². The van der Waals surface area contributed by atoms with E-state index in [1.54, 1.807) is 18.2 Å². The van der Waals surface area contributed by atoms with Gasteiger partial charge in [-0.05, 0) is 25.0 Å². The number of hydrogen-bond acceptors (Lipinski definition) is 4. The summed E-state index contributed by atoms with van der Waals surface area (Å²) in [5, 5.41) is 13.8. The van der Waals surface area contributed by atoms with E-state index in [0.29, 0.717) is 23.7 Å². The molecule has 0 unspecified atom stereocenters. The van der Waals surface area contributed by atoms with Crippen LogP contribution < -0.4 is 5.32 Å². The number of halogens is 1. The van der Waals surface area contributed by atoms with Crippen LogP contribution in [0.3, 0.4) is 0 Å². The molecule has 20 heavy (non-hydrogen) atoms. The lowest BCUT2D eigenvalue weighted by Gasteiger charge is -2.23. The van der Waals surface area contributed by atoms with Gasteiger partial charge in [0.25, 0.3) is 0 Å². The predicted molar refractivity (Wildman–Crippen MR) is 79.7 cm³/mol. The molecular weight excluding hydrogens is 298 g/mol. The van der Waals surface area contributed by atoms with Gasteiger partial charge in [-0.2, -0.15) is 0 Å². The highest BCUT2D eigenvalue weighted by Crippen LogP contribution is 2.29. The Morgan fingerprint density at radius 3 is 2.60 bits per heavy atom. The van der Waals surface area contributed by atoms with Crippen molar-refractivity contribution >= 4 is 21.4 Å². The maximum Gasteiger partial charge on any atom is 0.175 e.